The molecule has 0 aliphatic carbocycles. The van der Waals surface area contributed by atoms with Crippen molar-refractivity contribution < 1.29 is 34.7 Å². The molecule has 0 radical (unpaired) electrons. The van der Waals surface area contributed by atoms with Crippen LogP contribution < -0.4 is 0 Å². The molecule has 0 N–H and O–H groups in total. The molecule has 0 bridgehead atoms. The van der Waals surface area contributed by atoms with Crippen molar-refractivity contribution in [1.29, 1.82) is 0 Å². The molecule has 4 heteroatoms. The van der Waals surface area contributed by atoms with E-state index in [4.69, 9.17) is 3.40 Å². The van der Waals surface area contributed by atoms with Gasteiger partial charge in [0.05, 0.1) is 0 Å². The minimum atomic E-state index is -0.655. The number of hydrogen-bond donors (Lipinski definition) is 0. The average molecular weight is 201 g/mol. The third-order valence-electron chi connectivity index (χ3n) is 0. The summed E-state index contributed by atoms with van der Waals surface area (Å²) in [7, 11) is 0. The molecule has 0 heterocycles. The van der Waals surface area contributed by atoms with Crippen molar-refractivity contribution in [2.24, 2.45) is 0 Å². The third-order valence-corrected chi connectivity index (χ3v) is 0. The fourth-order valence-corrected chi connectivity index (χ4v) is 0. The van der Waals surface area contributed by atoms with Crippen molar-refractivity contribution in [3.63, 3.8) is 0 Å². The first-order valence-electron chi connectivity index (χ1n) is 0.455. The molecule has 0 atom stereocenters. The van der Waals surface area contributed by atoms with E-state index in [0.717, 1.165) is 15.4 Å². The molecule has 0 rings (SSSR count). The summed E-state index contributed by atoms with van der Waals surface area (Å²) in [4.78, 5) is 0. The molecular weight excluding hydrogens is 200 g/mol. The Bertz CT molecular complexity index is 15.5. The van der Waals surface area contributed by atoms with Crippen molar-refractivity contribution in [3.8, 4) is 0 Å². The van der Waals surface area contributed by atoms with Crippen LogP contribution >= 0.6 is 0 Å². The van der Waals surface area contributed by atoms with Gasteiger partial charge in [-0.3, -0.25) is 0 Å². The third kappa shape index (κ3) is 8.93. The monoisotopic (exact) mass is 202 g/mol. The van der Waals surface area contributed by atoms with Crippen LogP contribution in [0.4, 0.5) is 0 Å². The van der Waals surface area contributed by atoms with E-state index in [2.05, 4.69) is 0 Å². The quantitative estimate of drug-likeness (QED) is 0.470. The van der Waals surface area contributed by atoms with E-state index in [-0.39, 0.29) is 29.6 Å². The summed E-state index contributed by atoms with van der Waals surface area (Å²) in [6.45, 7) is 0. The summed E-state index contributed by atoms with van der Waals surface area (Å²) in [6, 6.07) is 0. The van der Waals surface area contributed by atoms with Gasteiger partial charge < -0.3 is 0 Å². The van der Waals surface area contributed by atoms with Gasteiger partial charge in [0, 0.05) is 0 Å². The molecular formula is HMoNaOZn. The van der Waals surface area contributed by atoms with E-state index in [0.29, 0.717) is 0 Å². The molecule has 0 amide bonds. The predicted octanol–water partition coefficient (Wildman–Crippen LogP) is -0.772. The normalized spacial score (nSPS) is 3.50. The van der Waals surface area contributed by atoms with E-state index < -0.39 is 15.9 Å². The van der Waals surface area contributed by atoms with Crippen LogP contribution in [0.2, 0.25) is 0 Å². The molecule has 0 aromatic carbocycles. The Labute approximate surface area is 63.3 Å². The van der Waals surface area contributed by atoms with Crippen LogP contribution in [0.25, 0.3) is 0 Å². The molecule has 0 fully saturated rings. The second kappa shape index (κ2) is 8.93. The Balaban J connectivity index is 0. The van der Waals surface area contributed by atoms with Crippen LogP contribution in [0.15, 0.2) is 0 Å². The Kier molecular flexibility index (Phi) is 21.1. The first-order chi connectivity index (χ1) is 1.41. The predicted molar refractivity (Wildman–Crippen MR) is 7.84 cm³/mol. The maximum absolute atomic E-state index is 9.12. The van der Waals surface area contributed by atoms with Crippen molar-refractivity contribution in [1.82, 2.24) is 0 Å². The summed E-state index contributed by atoms with van der Waals surface area (Å²) < 4.78 is 9.12. The molecule has 0 aromatic heterocycles. The zero-order valence-electron chi connectivity index (χ0n) is 1.52. The zero-order chi connectivity index (χ0) is 2.71. The van der Waals surface area contributed by atoms with Crippen molar-refractivity contribution in [2.45, 2.75) is 0 Å². The minimum absolute atomic E-state index is 0. The van der Waals surface area contributed by atoms with Gasteiger partial charge in [-0.05, 0) is 0 Å². The van der Waals surface area contributed by atoms with E-state index >= 15 is 0 Å². The average Bonchev–Trinajstić information content (AvgIpc) is 0.918. The SMILES string of the molecule is [NaH].[O]=[Mo][Zn]. The van der Waals surface area contributed by atoms with Crippen molar-refractivity contribution in [3.05, 3.63) is 0 Å². The Morgan fingerprint density at radius 2 is 1.75 bits per heavy atom. The summed E-state index contributed by atoms with van der Waals surface area (Å²) in [5.41, 5.74) is 0. The summed E-state index contributed by atoms with van der Waals surface area (Å²) in [5, 5.41) is 0. The van der Waals surface area contributed by atoms with Crippen molar-refractivity contribution >= 4 is 29.6 Å². The Hall–Kier alpha value is 2.11. The molecule has 0 saturated carbocycles. The molecule has 1 nitrogen and oxygen atoms in total. The second-order valence-corrected chi connectivity index (χ2v) is 3.62. The summed E-state index contributed by atoms with van der Waals surface area (Å²) in [6.07, 6.45) is 0. The molecule has 0 saturated heterocycles. The molecule has 0 aromatic rings. The molecule has 4 heavy (non-hydrogen) atoms. The number of hydrogen-bond acceptors (Lipinski definition) is 1. The summed E-state index contributed by atoms with van der Waals surface area (Å²) >= 11 is 0.364. The van der Waals surface area contributed by atoms with E-state index in [9.17, 15) is 0 Å². The molecule has 0 aliphatic heterocycles. The molecule has 16 valence electrons. The van der Waals surface area contributed by atoms with Crippen LogP contribution in [0, 0.1) is 0 Å². The van der Waals surface area contributed by atoms with Gasteiger partial charge in [0.25, 0.3) is 0 Å². The van der Waals surface area contributed by atoms with Crippen LogP contribution in [0.1, 0.15) is 0 Å². The summed E-state index contributed by atoms with van der Waals surface area (Å²) in [5.74, 6) is 0. The van der Waals surface area contributed by atoms with Crippen LogP contribution in [-0.4, -0.2) is 29.6 Å². The first-order valence-corrected chi connectivity index (χ1v) is 9.86. The van der Waals surface area contributed by atoms with Gasteiger partial charge in [0.1, 0.15) is 0 Å². The maximum atomic E-state index is 9.12. The Morgan fingerprint density at radius 1 is 1.75 bits per heavy atom. The van der Waals surface area contributed by atoms with Crippen molar-refractivity contribution in [2.75, 3.05) is 0 Å². The fourth-order valence-electron chi connectivity index (χ4n) is 0. The van der Waals surface area contributed by atoms with Crippen LogP contribution in [0.3, 0.4) is 0 Å². The van der Waals surface area contributed by atoms with E-state index in [1.165, 1.54) is 0 Å². The zero-order valence-corrected chi connectivity index (χ0v) is 6.50. The van der Waals surface area contributed by atoms with Gasteiger partial charge in [-0.2, -0.15) is 0 Å². The standard InChI is InChI=1S/Mo.Na.O.Zn.H. The van der Waals surface area contributed by atoms with Gasteiger partial charge in [-0.1, -0.05) is 0 Å². The van der Waals surface area contributed by atoms with Gasteiger partial charge in [0.2, 0.25) is 0 Å². The van der Waals surface area contributed by atoms with E-state index in [1.54, 1.807) is 0 Å². The topological polar surface area (TPSA) is 17.1 Å². The molecule has 0 aliphatic rings. The van der Waals surface area contributed by atoms with Crippen LogP contribution in [-0.2, 0) is 34.7 Å². The van der Waals surface area contributed by atoms with Gasteiger partial charge in [-0.15, -0.1) is 0 Å². The van der Waals surface area contributed by atoms with Gasteiger partial charge >= 0.3 is 64.3 Å². The van der Waals surface area contributed by atoms with Gasteiger partial charge in [-0.25, -0.2) is 0 Å². The second-order valence-electron chi connectivity index (χ2n) is 0.118. The van der Waals surface area contributed by atoms with Crippen LogP contribution in [0.5, 0.6) is 0 Å². The molecule has 0 spiro atoms. The first kappa shape index (κ1) is 9.45. The molecule has 0 unspecified atom stereocenters. The number of rotatable bonds is 0. The fraction of sp³-hybridized carbons (Fsp3) is 0. The van der Waals surface area contributed by atoms with E-state index in [1.807, 2.05) is 0 Å². The Morgan fingerprint density at radius 3 is 1.75 bits per heavy atom. The van der Waals surface area contributed by atoms with Gasteiger partial charge in [0.15, 0.2) is 0 Å².